The van der Waals surface area contributed by atoms with Crippen molar-refractivity contribution in [1.82, 2.24) is 4.90 Å². The van der Waals surface area contributed by atoms with Crippen LogP contribution in [0, 0.1) is 11.8 Å². The fourth-order valence-electron chi connectivity index (χ4n) is 2.24. The van der Waals surface area contributed by atoms with Gasteiger partial charge in [0.15, 0.2) is 0 Å². The SMILES string of the molecule is CCCC(CS)CN1CCC(CO)C1. The third kappa shape index (κ3) is 3.79. The smallest absolute Gasteiger partial charge is 0.0471 e. The summed E-state index contributed by atoms with van der Waals surface area (Å²) in [6, 6.07) is 0. The molecule has 1 rings (SSSR count). The first-order valence-electron chi connectivity index (χ1n) is 5.74. The quantitative estimate of drug-likeness (QED) is 0.661. The maximum Gasteiger partial charge on any atom is 0.0471 e. The molecule has 84 valence electrons. The Hall–Kier alpha value is 0.270. The van der Waals surface area contributed by atoms with E-state index in [0.717, 1.165) is 18.2 Å². The zero-order chi connectivity index (χ0) is 10.4. The van der Waals surface area contributed by atoms with E-state index in [1.54, 1.807) is 0 Å². The van der Waals surface area contributed by atoms with Crippen LogP contribution in [0.2, 0.25) is 0 Å². The lowest BCUT2D eigenvalue weighted by atomic mass is 10.1. The second-order valence-corrected chi connectivity index (χ2v) is 4.80. The van der Waals surface area contributed by atoms with Crippen molar-refractivity contribution in [3.05, 3.63) is 0 Å². The zero-order valence-electron chi connectivity index (χ0n) is 9.15. The highest BCUT2D eigenvalue weighted by molar-refractivity contribution is 7.80. The van der Waals surface area contributed by atoms with Gasteiger partial charge in [-0.05, 0) is 37.0 Å². The Balaban J connectivity index is 2.22. The van der Waals surface area contributed by atoms with Gasteiger partial charge in [0.2, 0.25) is 0 Å². The van der Waals surface area contributed by atoms with Crippen LogP contribution in [0.5, 0.6) is 0 Å². The second-order valence-electron chi connectivity index (χ2n) is 4.43. The molecule has 0 aliphatic carbocycles. The molecule has 1 aliphatic heterocycles. The third-order valence-electron chi connectivity index (χ3n) is 3.10. The van der Waals surface area contributed by atoms with E-state index >= 15 is 0 Å². The van der Waals surface area contributed by atoms with Crippen molar-refractivity contribution in [3.63, 3.8) is 0 Å². The lowest BCUT2D eigenvalue weighted by Gasteiger charge is -2.22. The zero-order valence-corrected chi connectivity index (χ0v) is 10.0. The summed E-state index contributed by atoms with van der Waals surface area (Å²) < 4.78 is 0. The first-order chi connectivity index (χ1) is 6.80. The Bertz CT molecular complexity index is 154. The van der Waals surface area contributed by atoms with E-state index < -0.39 is 0 Å². The van der Waals surface area contributed by atoms with Crippen LogP contribution in [-0.4, -0.2) is 42.0 Å². The minimum atomic E-state index is 0.357. The van der Waals surface area contributed by atoms with Crippen LogP contribution in [0.3, 0.4) is 0 Å². The molecule has 0 saturated carbocycles. The van der Waals surface area contributed by atoms with Crippen LogP contribution in [0.1, 0.15) is 26.2 Å². The molecule has 0 aromatic heterocycles. The van der Waals surface area contributed by atoms with Crippen molar-refractivity contribution in [2.45, 2.75) is 26.2 Å². The summed E-state index contributed by atoms with van der Waals surface area (Å²) in [5.74, 6) is 2.26. The molecule has 14 heavy (non-hydrogen) atoms. The monoisotopic (exact) mass is 217 g/mol. The van der Waals surface area contributed by atoms with Gasteiger partial charge in [-0.1, -0.05) is 13.3 Å². The Kier molecular flexibility index (Phi) is 5.90. The minimum Gasteiger partial charge on any atom is -0.396 e. The van der Waals surface area contributed by atoms with Gasteiger partial charge in [-0.15, -0.1) is 0 Å². The van der Waals surface area contributed by atoms with Gasteiger partial charge < -0.3 is 10.0 Å². The number of hydrogen-bond donors (Lipinski definition) is 2. The molecule has 0 aromatic carbocycles. The lowest BCUT2D eigenvalue weighted by Crippen LogP contribution is -2.28. The summed E-state index contributed by atoms with van der Waals surface area (Å²) >= 11 is 4.39. The maximum atomic E-state index is 9.04. The summed E-state index contributed by atoms with van der Waals surface area (Å²) in [6.07, 6.45) is 3.70. The average molecular weight is 217 g/mol. The van der Waals surface area contributed by atoms with E-state index in [4.69, 9.17) is 5.11 Å². The second kappa shape index (κ2) is 6.70. The van der Waals surface area contributed by atoms with Crippen molar-refractivity contribution in [1.29, 1.82) is 0 Å². The predicted octanol–water partition coefficient (Wildman–Crippen LogP) is 1.65. The summed E-state index contributed by atoms with van der Waals surface area (Å²) in [4.78, 5) is 2.48. The van der Waals surface area contributed by atoms with Crippen molar-refractivity contribution in [2.75, 3.05) is 32.0 Å². The molecular formula is C11H23NOS. The van der Waals surface area contributed by atoms with Gasteiger partial charge in [-0.25, -0.2) is 0 Å². The van der Waals surface area contributed by atoms with Crippen molar-refractivity contribution >= 4 is 12.6 Å². The number of thiol groups is 1. The minimum absolute atomic E-state index is 0.357. The summed E-state index contributed by atoms with van der Waals surface area (Å²) in [5, 5.41) is 9.04. The van der Waals surface area contributed by atoms with Gasteiger partial charge in [-0.3, -0.25) is 0 Å². The summed E-state index contributed by atoms with van der Waals surface area (Å²) in [6.45, 7) is 6.02. The summed E-state index contributed by atoms with van der Waals surface area (Å²) in [5.41, 5.74) is 0. The van der Waals surface area contributed by atoms with Crippen molar-refractivity contribution in [2.24, 2.45) is 11.8 Å². The van der Waals surface area contributed by atoms with Crippen LogP contribution in [0.15, 0.2) is 0 Å². The lowest BCUT2D eigenvalue weighted by molar-refractivity contribution is 0.213. The van der Waals surface area contributed by atoms with E-state index in [9.17, 15) is 0 Å². The van der Waals surface area contributed by atoms with Crippen LogP contribution in [0.4, 0.5) is 0 Å². The van der Waals surface area contributed by atoms with Gasteiger partial charge >= 0.3 is 0 Å². The van der Waals surface area contributed by atoms with Gasteiger partial charge in [0.25, 0.3) is 0 Å². The number of likely N-dealkylation sites (tertiary alicyclic amines) is 1. The topological polar surface area (TPSA) is 23.5 Å². The number of aliphatic hydroxyl groups is 1. The molecule has 1 N–H and O–H groups in total. The maximum absolute atomic E-state index is 9.04. The van der Waals surface area contributed by atoms with E-state index in [2.05, 4.69) is 24.5 Å². The third-order valence-corrected chi connectivity index (χ3v) is 3.62. The van der Waals surface area contributed by atoms with Crippen LogP contribution in [0.25, 0.3) is 0 Å². The largest absolute Gasteiger partial charge is 0.396 e. The molecule has 1 heterocycles. The predicted molar refractivity (Wildman–Crippen MR) is 63.9 cm³/mol. The fraction of sp³-hybridized carbons (Fsp3) is 1.00. The van der Waals surface area contributed by atoms with Gasteiger partial charge in [-0.2, -0.15) is 12.6 Å². The van der Waals surface area contributed by atoms with Crippen molar-refractivity contribution < 1.29 is 5.11 Å². The first-order valence-corrected chi connectivity index (χ1v) is 6.37. The molecule has 3 heteroatoms. The fourth-order valence-corrected chi connectivity index (χ4v) is 2.54. The van der Waals surface area contributed by atoms with Gasteiger partial charge in [0.05, 0.1) is 0 Å². The molecule has 1 saturated heterocycles. The Morgan fingerprint density at radius 1 is 1.57 bits per heavy atom. The Morgan fingerprint density at radius 3 is 2.86 bits per heavy atom. The van der Waals surface area contributed by atoms with E-state index in [1.807, 2.05) is 0 Å². The van der Waals surface area contributed by atoms with E-state index in [0.29, 0.717) is 12.5 Å². The number of aliphatic hydroxyl groups excluding tert-OH is 1. The molecule has 0 spiro atoms. The van der Waals surface area contributed by atoms with Crippen LogP contribution >= 0.6 is 12.6 Å². The molecule has 2 atom stereocenters. The molecule has 2 unspecified atom stereocenters. The van der Waals surface area contributed by atoms with E-state index in [-0.39, 0.29) is 0 Å². The molecule has 1 aliphatic rings. The molecule has 0 bridgehead atoms. The van der Waals surface area contributed by atoms with Gasteiger partial charge in [0, 0.05) is 19.7 Å². The van der Waals surface area contributed by atoms with Gasteiger partial charge in [0.1, 0.15) is 0 Å². The molecular weight excluding hydrogens is 194 g/mol. The number of hydrogen-bond acceptors (Lipinski definition) is 3. The highest BCUT2D eigenvalue weighted by atomic mass is 32.1. The standard InChI is InChI=1S/C11H23NOS/c1-2-3-11(9-14)7-12-5-4-10(6-12)8-13/h10-11,13-14H,2-9H2,1H3. The Morgan fingerprint density at radius 2 is 2.36 bits per heavy atom. The van der Waals surface area contributed by atoms with Crippen LogP contribution in [-0.2, 0) is 0 Å². The molecule has 0 amide bonds. The Labute approximate surface area is 93.1 Å². The number of rotatable bonds is 6. The highest BCUT2D eigenvalue weighted by Crippen LogP contribution is 2.19. The number of nitrogens with zero attached hydrogens (tertiary/aromatic N) is 1. The molecule has 0 radical (unpaired) electrons. The molecule has 0 aromatic rings. The van der Waals surface area contributed by atoms with E-state index in [1.165, 1.54) is 32.4 Å². The molecule has 2 nitrogen and oxygen atoms in total. The average Bonchev–Trinajstić information content (AvgIpc) is 2.65. The highest BCUT2D eigenvalue weighted by Gasteiger charge is 2.23. The first kappa shape index (κ1) is 12.3. The summed E-state index contributed by atoms with van der Waals surface area (Å²) in [7, 11) is 0. The normalized spacial score (nSPS) is 25.5. The van der Waals surface area contributed by atoms with Crippen molar-refractivity contribution in [3.8, 4) is 0 Å². The molecule has 1 fully saturated rings. The van der Waals surface area contributed by atoms with Crippen LogP contribution < -0.4 is 0 Å².